The molecule has 0 unspecified atom stereocenters. The lowest BCUT2D eigenvalue weighted by Gasteiger charge is -2.33. The van der Waals surface area contributed by atoms with Crippen LogP contribution in [-0.2, 0) is 4.79 Å². The molecule has 0 saturated carbocycles. The van der Waals surface area contributed by atoms with Crippen molar-refractivity contribution in [1.29, 1.82) is 0 Å². The van der Waals surface area contributed by atoms with Crippen molar-refractivity contribution in [2.45, 2.75) is 6.92 Å². The molecule has 1 aromatic heterocycles. The number of rotatable bonds is 2. The molecule has 2 aromatic rings. The van der Waals surface area contributed by atoms with Gasteiger partial charge in [-0.1, -0.05) is 23.7 Å². The summed E-state index contributed by atoms with van der Waals surface area (Å²) in [6.07, 6.45) is 0. The Morgan fingerprint density at radius 2 is 1.65 bits per heavy atom. The molecule has 3 rings (SSSR count). The smallest absolute Gasteiger partial charge is 0.289 e. The maximum absolute atomic E-state index is 12.5. The second kappa shape index (κ2) is 6.46. The quantitative estimate of drug-likeness (QED) is 0.849. The lowest BCUT2D eigenvalue weighted by Crippen LogP contribution is -2.50. The number of nitrogens with zero attached hydrogens (tertiary/aromatic N) is 2. The first-order valence-electron chi connectivity index (χ1n) is 7.46. The molecule has 6 heteroatoms. The minimum Gasteiger partial charge on any atom is -0.451 e. The predicted octanol–water partition coefficient (Wildman–Crippen LogP) is 2.90. The number of hydrogen-bond acceptors (Lipinski definition) is 3. The Bertz CT molecular complexity index is 733. The van der Waals surface area contributed by atoms with Crippen molar-refractivity contribution in [1.82, 2.24) is 9.80 Å². The summed E-state index contributed by atoms with van der Waals surface area (Å²) in [5.41, 5.74) is 0.759. The standard InChI is InChI=1S/C17H17ClN2O3/c1-12(21)19-8-10-20(11-9-19)17(22)16-7-6-15(23-16)13-4-2-3-5-14(13)18/h2-7H,8-11H2,1H3. The summed E-state index contributed by atoms with van der Waals surface area (Å²) in [4.78, 5) is 27.3. The molecule has 0 N–H and O–H groups in total. The van der Waals surface area contributed by atoms with Gasteiger partial charge in [0, 0.05) is 38.7 Å². The van der Waals surface area contributed by atoms with Gasteiger partial charge in [-0.05, 0) is 24.3 Å². The van der Waals surface area contributed by atoms with Gasteiger partial charge in [0.15, 0.2) is 5.76 Å². The van der Waals surface area contributed by atoms with E-state index in [0.717, 1.165) is 5.56 Å². The van der Waals surface area contributed by atoms with Crippen molar-refractivity contribution < 1.29 is 14.0 Å². The molecule has 1 aliphatic rings. The monoisotopic (exact) mass is 332 g/mol. The lowest BCUT2D eigenvalue weighted by molar-refractivity contribution is -0.130. The summed E-state index contributed by atoms with van der Waals surface area (Å²) in [6, 6.07) is 10.8. The van der Waals surface area contributed by atoms with Gasteiger partial charge in [-0.3, -0.25) is 9.59 Å². The van der Waals surface area contributed by atoms with Crippen LogP contribution in [0.3, 0.4) is 0 Å². The predicted molar refractivity (Wildman–Crippen MR) is 87.3 cm³/mol. The number of carbonyl (C=O) groups excluding carboxylic acids is 2. The Hall–Kier alpha value is -2.27. The largest absolute Gasteiger partial charge is 0.451 e. The minimum atomic E-state index is -0.161. The second-order valence-electron chi connectivity index (χ2n) is 5.44. The zero-order valence-corrected chi connectivity index (χ0v) is 13.5. The van der Waals surface area contributed by atoms with E-state index in [-0.39, 0.29) is 17.6 Å². The van der Waals surface area contributed by atoms with Crippen LogP contribution in [0.2, 0.25) is 5.02 Å². The normalized spacial score (nSPS) is 14.9. The van der Waals surface area contributed by atoms with Crippen LogP contribution in [0.15, 0.2) is 40.8 Å². The highest BCUT2D eigenvalue weighted by molar-refractivity contribution is 6.33. The maximum atomic E-state index is 12.5. The van der Waals surface area contributed by atoms with Crippen molar-refractivity contribution in [2.75, 3.05) is 26.2 Å². The average Bonchev–Trinajstić information content (AvgIpc) is 3.04. The molecule has 1 saturated heterocycles. The third-order valence-corrected chi connectivity index (χ3v) is 4.30. The van der Waals surface area contributed by atoms with E-state index in [1.54, 1.807) is 34.9 Å². The van der Waals surface area contributed by atoms with Crippen molar-refractivity contribution in [3.8, 4) is 11.3 Å². The van der Waals surface area contributed by atoms with Gasteiger partial charge in [-0.2, -0.15) is 0 Å². The first-order valence-corrected chi connectivity index (χ1v) is 7.83. The fourth-order valence-corrected chi connectivity index (χ4v) is 2.87. The van der Waals surface area contributed by atoms with Gasteiger partial charge in [-0.25, -0.2) is 0 Å². The summed E-state index contributed by atoms with van der Waals surface area (Å²) in [7, 11) is 0. The lowest BCUT2D eigenvalue weighted by atomic mass is 10.2. The molecule has 2 amide bonds. The van der Waals surface area contributed by atoms with Crippen LogP contribution >= 0.6 is 11.6 Å². The first-order chi connectivity index (χ1) is 11.1. The fraction of sp³-hybridized carbons (Fsp3) is 0.294. The first kappa shape index (κ1) is 15.6. The third-order valence-electron chi connectivity index (χ3n) is 3.97. The topological polar surface area (TPSA) is 53.8 Å². The van der Waals surface area contributed by atoms with Gasteiger partial charge in [0.1, 0.15) is 5.76 Å². The van der Waals surface area contributed by atoms with Gasteiger partial charge in [0.2, 0.25) is 5.91 Å². The number of amides is 2. The molecule has 1 aliphatic heterocycles. The number of halogens is 1. The number of carbonyl (C=O) groups is 2. The van der Waals surface area contributed by atoms with Gasteiger partial charge < -0.3 is 14.2 Å². The van der Waals surface area contributed by atoms with Crippen LogP contribution in [0, 0.1) is 0 Å². The van der Waals surface area contributed by atoms with Crippen molar-refractivity contribution in [2.24, 2.45) is 0 Å². The molecule has 0 bridgehead atoms. The summed E-state index contributed by atoms with van der Waals surface area (Å²) in [5.74, 6) is 0.736. The van der Waals surface area contributed by atoms with Crippen molar-refractivity contribution in [3.05, 3.63) is 47.2 Å². The van der Waals surface area contributed by atoms with E-state index in [4.69, 9.17) is 16.0 Å². The minimum absolute atomic E-state index is 0.0381. The van der Waals surface area contributed by atoms with Crippen molar-refractivity contribution in [3.63, 3.8) is 0 Å². The molecular weight excluding hydrogens is 316 g/mol. The van der Waals surface area contributed by atoms with Gasteiger partial charge in [0.25, 0.3) is 5.91 Å². The van der Waals surface area contributed by atoms with Crippen LogP contribution < -0.4 is 0 Å². The number of piperazine rings is 1. The molecule has 0 aliphatic carbocycles. The summed E-state index contributed by atoms with van der Waals surface area (Å²) in [6.45, 7) is 3.68. The number of furan rings is 1. The number of benzene rings is 1. The van der Waals surface area contributed by atoms with Crippen LogP contribution in [0.1, 0.15) is 17.5 Å². The molecule has 1 fully saturated rings. The summed E-state index contributed by atoms with van der Waals surface area (Å²) in [5, 5.41) is 0.580. The molecule has 2 heterocycles. The van der Waals surface area contributed by atoms with Crippen LogP contribution in [-0.4, -0.2) is 47.8 Å². The van der Waals surface area contributed by atoms with Crippen LogP contribution in [0.5, 0.6) is 0 Å². The Balaban J connectivity index is 1.72. The van der Waals surface area contributed by atoms with E-state index in [1.807, 2.05) is 18.2 Å². The Labute approximate surface area is 139 Å². The summed E-state index contributed by atoms with van der Waals surface area (Å²) < 4.78 is 5.68. The van der Waals surface area contributed by atoms with Crippen LogP contribution in [0.25, 0.3) is 11.3 Å². The third kappa shape index (κ3) is 3.24. The fourth-order valence-electron chi connectivity index (χ4n) is 2.64. The van der Waals surface area contributed by atoms with Gasteiger partial charge in [0.05, 0.1) is 5.02 Å². The zero-order chi connectivity index (χ0) is 16.4. The summed E-state index contributed by atoms with van der Waals surface area (Å²) >= 11 is 6.15. The molecule has 23 heavy (non-hydrogen) atoms. The Kier molecular flexibility index (Phi) is 4.39. The van der Waals surface area contributed by atoms with Gasteiger partial charge in [-0.15, -0.1) is 0 Å². The Morgan fingerprint density at radius 3 is 2.30 bits per heavy atom. The zero-order valence-electron chi connectivity index (χ0n) is 12.8. The van der Waals surface area contributed by atoms with E-state index >= 15 is 0 Å². The van der Waals surface area contributed by atoms with E-state index < -0.39 is 0 Å². The molecule has 0 spiro atoms. The van der Waals surface area contributed by atoms with E-state index in [0.29, 0.717) is 37.0 Å². The molecule has 0 radical (unpaired) electrons. The molecule has 0 atom stereocenters. The molecular formula is C17H17ClN2O3. The highest BCUT2D eigenvalue weighted by Crippen LogP contribution is 2.29. The SMILES string of the molecule is CC(=O)N1CCN(C(=O)c2ccc(-c3ccccc3Cl)o2)CC1. The molecule has 5 nitrogen and oxygen atoms in total. The average molecular weight is 333 g/mol. The van der Waals surface area contributed by atoms with Crippen molar-refractivity contribution >= 4 is 23.4 Å². The highest BCUT2D eigenvalue weighted by Gasteiger charge is 2.25. The molecule has 1 aromatic carbocycles. The second-order valence-corrected chi connectivity index (χ2v) is 5.85. The highest BCUT2D eigenvalue weighted by atomic mass is 35.5. The van der Waals surface area contributed by atoms with Crippen LogP contribution in [0.4, 0.5) is 0 Å². The van der Waals surface area contributed by atoms with E-state index in [1.165, 1.54) is 0 Å². The van der Waals surface area contributed by atoms with E-state index in [9.17, 15) is 9.59 Å². The maximum Gasteiger partial charge on any atom is 0.289 e. The van der Waals surface area contributed by atoms with E-state index in [2.05, 4.69) is 0 Å². The van der Waals surface area contributed by atoms with Gasteiger partial charge >= 0.3 is 0 Å². The molecule has 120 valence electrons. The number of hydrogen-bond donors (Lipinski definition) is 0. The Morgan fingerprint density at radius 1 is 1.00 bits per heavy atom.